The maximum atomic E-state index is 14.0. The Kier molecular flexibility index (Phi) is 6.11. The van der Waals surface area contributed by atoms with Gasteiger partial charge in [0.2, 0.25) is 15.9 Å². The second-order valence-corrected chi connectivity index (χ2v) is 9.71. The molecule has 1 saturated heterocycles. The van der Waals surface area contributed by atoms with Crippen molar-refractivity contribution in [2.24, 2.45) is 5.92 Å². The normalized spacial score (nSPS) is 17.5. The molecule has 11 nitrogen and oxygen atoms in total. The Bertz CT molecular complexity index is 1130. The molecule has 4 rings (SSSR count). The number of benzene rings is 1. The van der Waals surface area contributed by atoms with Crippen LogP contribution >= 0.6 is 0 Å². The Hall–Kier alpha value is -3.06. The van der Waals surface area contributed by atoms with Gasteiger partial charge in [0.05, 0.1) is 19.3 Å². The SMILES string of the molecule is CC(NS(=O)(=O)Cn1cc(CN2CC(=O)NC2=O)nn1)c1ccc(F)c(OCC2CC2)c1. The van der Waals surface area contributed by atoms with Crippen LogP contribution in [0.1, 0.15) is 37.1 Å². The van der Waals surface area contributed by atoms with Gasteiger partial charge in [-0.05, 0) is 43.4 Å². The monoisotopic (exact) mass is 466 g/mol. The van der Waals surface area contributed by atoms with Crippen molar-refractivity contribution in [2.75, 3.05) is 13.2 Å². The molecule has 0 radical (unpaired) electrons. The second-order valence-electron chi connectivity index (χ2n) is 7.99. The predicted octanol–water partition coefficient (Wildman–Crippen LogP) is 0.896. The summed E-state index contributed by atoms with van der Waals surface area (Å²) in [5.41, 5.74) is 0.902. The summed E-state index contributed by atoms with van der Waals surface area (Å²) in [5, 5.41) is 9.77. The summed E-state index contributed by atoms with van der Waals surface area (Å²) in [7, 11) is -3.83. The molecule has 1 aliphatic carbocycles. The highest BCUT2D eigenvalue weighted by Gasteiger charge is 2.27. The molecule has 1 atom stereocenters. The molecule has 13 heteroatoms. The summed E-state index contributed by atoms with van der Waals surface area (Å²) in [4.78, 5) is 24.1. The molecule has 32 heavy (non-hydrogen) atoms. The molecule has 2 N–H and O–H groups in total. The molecule has 172 valence electrons. The number of carbonyl (C=O) groups is 2. The molecular formula is C19H23FN6O5S. The number of urea groups is 1. The van der Waals surface area contributed by atoms with E-state index in [1.165, 1.54) is 29.3 Å². The van der Waals surface area contributed by atoms with Crippen molar-refractivity contribution in [1.29, 1.82) is 0 Å². The Balaban J connectivity index is 1.36. The summed E-state index contributed by atoms with van der Waals surface area (Å²) in [5.74, 6) is -0.840. The highest BCUT2D eigenvalue weighted by atomic mass is 32.2. The van der Waals surface area contributed by atoms with Gasteiger partial charge in [-0.3, -0.25) is 10.1 Å². The van der Waals surface area contributed by atoms with Crippen LogP contribution in [0.5, 0.6) is 5.75 Å². The number of nitrogens with one attached hydrogen (secondary N) is 2. The number of halogens is 1. The first-order chi connectivity index (χ1) is 15.2. The lowest BCUT2D eigenvalue weighted by Crippen LogP contribution is -2.30. The van der Waals surface area contributed by atoms with E-state index in [9.17, 15) is 22.4 Å². The molecule has 1 saturated carbocycles. The van der Waals surface area contributed by atoms with Gasteiger partial charge in [0, 0.05) is 6.04 Å². The Morgan fingerprint density at radius 3 is 2.81 bits per heavy atom. The van der Waals surface area contributed by atoms with Crippen LogP contribution in [0.4, 0.5) is 9.18 Å². The number of nitrogens with zero attached hydrogens (tertiary/aromatic N) is 4. The van der Waals surface area contributed by atoms with Crippen molar-refractivity contribution in [1.82, 2.24) is 29.9 Å². The average molecular weight is 466 g/mol. The van der Waals surface area contributed by atoms with Crippen LogP contribution in [-0.2, 0) is 27.2 Å². The molecule has 0 spiro atoms. The van der Waals surface area contributed by atoms with Crippen LogP contribution in [-0.4, -0.2) is 53.4 Å². The van der Waals surface area contributed by atoms with Gasteiger partial charge in [0.25, 0.3) is 0 Å². The summed E-state index contributed by atoms with van der Waals surface area (Å²) in [6.07, 6.45) is 3.54. The Morgan fingerprint density at radius 2 is 2.12 bits per heavy atom. The Labute approximate surface area is 184 Å². The molecule has 3 amide bonds. The van der Waals surface area contributed by atoms with E-state index in [0.29, 0.717) is 23.8 Å². The number of imide groups is 1. The predicted molar refractivity (Wildman–Crippen MR) is 109 cm³/mol. The lowest BCUT2D eigenvalue weighted by molar-refractivity contribution is -0.118. The van der Waals surface area contributed by atoms with E-state index in [1.807, 2.05) is 0 Å². The highest BCUT2D eigenvalue weighted by molar-refractivity contribution is 7.88. The molecule has 1 unspecified atom stereocenters. The van der Waals surface area contributed by atoms with Gasteiger partial charge in [0.15, 0.2) is 17.4 Å². The van der Waals surface area contributed by atoms with E-state index in [2.05, 4.69) is 20.4 Å². The lowest BCUT2D eigenvalue weighted by atomic mass is 10.1. The van der Waals surface area contributed by atoms with E-state index < -0.39 is 39.7 Å². The molecule has 2 fully saturated rings. The van der Waals surface area contributed by atoms with Crippen molar-refractivity contribution in [2.45, 2.75) is 38.2 Å². The molecule has 2 aromatic rings. The fourth-order valence-electron chi connectivity index (χ4n) is 3.22. The molecule has 2 heterocycles. The number of hydrogen-bond donors (Lipinski definition) is 2. The molecule has 1 aliphatic heterocycles. The van der Waals surface area contributed by atoms with Crippen LogP contribution in [0, 0.1) is 11.7 Å². The number of amides is 3. The molecule has 1 aromatic heterocycles. The maximum absolute atomic E-state index is 14.0. The van der Waals surface area contributed by atoms with Gasteiger partial charge in [0.1, 0.15) is 12.2 Å². The topological polar surface area (TPSA) is 136 Å². The minimum absolute atomic E-state index is 0.0284. The lowest BCUT2D eigenvalue weighted by Gasteiger charge is -2.16. The molecule has 2 aliphatic rings. The zero-order chi connectivity index (χ0) is 22.9. The van der Waals surface area contributed by atoms with Gasteiger partial charge < -0.3 is 9.64 Å². The third-order valence-corrected chi connectivity index (χ3v) is 6.41. The van der Waals surface area contributed by atoms with E-state index >= 15 is 0 Å². The van der Waals surface area contributed by atoms with Crippen LogP contribution in [0.2, 0.25) is 0 Å². The first-order valence-electron chi connectivity index (χ1n) is 10.1. The highest BCUT2D eigenvalue weighted by Crippen LogP contribution is 2.31. The van der Waals surface area contributed by atoms with Crippen LogP contribution in [0.3, 0.4) is 0 Å². The number of aromatic nitrogens is 3. The minimum atomic E-state index is -3.83. The minimum Gasteiger partial charge on any atom is -0.490 e. The van der Waals surface area contributed by atoms with Crippen molar-refractivity contribution in [3.63, 3.8) is 0 Å². The van der Waals surface area contributed by atoms with E-state index in [4.69, 9.17) is 4.74 Å². The van der Waals surface area contributed by atoms with Gasteiger partial charge in [-0.2, -0.15) is 0 Å². The number of rotatable bonds is 10. The van der Waals surface area contributed by atoms with Crippen molar-refractivity contribution < 1.29 is 27.1 Å². The van der Waals surface area contributed by atoms with E-state index in [-0.39, 0.29) is 18.8 Å². The number of carbonyl (C=O) groups excluding carboxylic acids is 2. The fourth-order valence-corrected chi connectivity index (χ4v) is 4.44. The van der Waals surface area contributed by atoms with Gasteiger partial charge in [-0.1, -0.05) is 11.3 Å². The third kappa shape index (κ3) is 5.59. The summed E-state index contributed by atoms with van der Waals surface area (Å²) >= 11 is 0. The van der Waals surface area contributed by atoms with Gasteiger partial charge >= 0.3 is 6.03 Å². The van der Waals surface area contributed by atoms with E-state index in [1.54, 1.807) is 6.92 Å². The largest absolute Gasteiger partial charge is 0.490 e. The first-order valence-corrected chi connectivity index (χ1v) is 11.7. The van der Waals surface area contributed by atoms with E-state index in [0.717, 1.165) is 17.5 Å². The molecule has 1 aromatic carbocycles. The standard InChI is InChI=1S/C19H23FN6O5S/c1-12(14-4-5-16(20)17(6-14)31-10-13-2-3-13)23-32(29,30)11-26-8-15(22-24-26)7-25-9-18(27)21-19(25)28/h4-6,8,12-13,23H,2-3,7,9-11H2,1H3,(H,21,27,28). The smallest absolute Gasteiger partial charge is 0.324 e. The van der Waals surface area contributed by atoms with Crippen molar-refractivity contribution in [3.8, 4) is 5.75 Å². The summed E-state index contributed by atoms with van der Waals surface area (Å²) in [6, 6.07) is 3.09. The number of sulfonamides is 1. The number of hydrogen-bond acceptors (Lipinski definition) is 7. The van der Waals surface area contributed by atoms with Gasteiger partial charge in [-0.25, -0.2) is 27.0 Å². The Morgan fingerprint density at radius 1 is 1.34 bits per heavy atom. The fraction of sp³-hybridized carbons (Fsp3) is 0.474. The first kappa shape index (κ1) is 22.1. The summed E-state index contributed by atoms with van der Waals surface area (Å²) in [6.45, 7) is 2.03. The molecule has 0 bridgehead atoms. The number of ether oxygens (including phenoxy) is 1. The average Bonchev–Trinajstić information content (AvgIpc) is 3.36. The zero-order valence-corrected chi connectivity index (χ0v) is 18.1. The second kappa shape index (κ2) is 8.82. The van der Waals surface area contributed by atoms with Gasteiger partial charge in [-0.15, -0.1) is 5.10 Å². The van der Waals surface area contributed by atoms with Crippen LogP contribution in [0.15, 0.2) is 24.4 Å². The van der Waals surface area contributed by atoms with Crippen molar-refractivity contribution in [3.05, 3.63) is 41.5 Å². The zero-order valence-electron chi connectivity index (χ0n) is 17.3. The molecular weight excluding hydrogens is 443 g/mol. The van der Waals surface area contributed by atoms with Crippen molar-refractivity contribution >= 4 is 22.0 Å². The maximum Gasteiger partial charge on any atom is 0.324 e. The third-order valence-electron chi connectivity index (χ3n) is 5.09. The quantitative estimate of drug-likeness (QED) is 0.497. The summed E-state index contributed by atoms with van der Waals surface area (Å²) < 4.78 is 48.3. The van der Waals surface area contributed by atoms with Crippen LogP contribution in [0.25, 0.3) is 0 Å². The van der Waals surface area contributed by atoms with Crippen LogP contribution < -0.4 is 14.8 Å².